The third-order valence-corrected chi connectivity index (χ3v) is 10.7. The first-order valence-electron chi connectivity index (χ1n) is 18.3. The first-order valence-corrected chi connectivity index (χ1v) is 18.3. The molecule has 3 heterocycles. The molecule has 8 aromatic carbocycles. The topological polar surface area (TPSA) is 35.6 Å². The zero-order valence-electron chi connectivity index (χ0n) is 29.3. The third kappa shape index (κ3) is 4.78. The van der Waals surface area contributed by atoms with Gasteiger partial charge < -0.3 is 9.13 Å². The van der Waals surface area contributed by atoms with E-state index in [4.69, 9.17) is 9.97 Å². The molecule has 0 N–H and O–H groups in total. The van der Waals surface area contributed by atoms with Crippen LogP contribution in [-0.4, -0.2) is 19.1 Å². The molecule has 0 radical (unpaired) electrons. The number of hydrogen-bond donors (Lipinski definition) is 0. The molecular formula is C50H32N4. The van der Waals surface area contributed by atoms with E-state index in [0.717, 1.165) is 44.6 Å². The highest BCUT2D eigenvalue weighted by atomic mass is 15.0. The zero-order valence-corrected chi connectivity index (χ0v) is 29.3. The van der Waals surface area contributed by atoms with Crippen LogP contribution < -0.4 is 0 Å². The molecule has 0 amide bonds. The van der Waals surface area contributed by atoms with Gasteiger partial charge in [0.25, 0.3) is 0 Å². The van der Waals surface area contributed by atoms with Crippen molar-refractivity contribution in [2.24, 2.45) is 0 Å². The Bertz CT molecular complexity index is 3140. The van der Waals surface area contributed by atoms with E-state index in [1.165, 1.54) is 49.2 Å². The first-order chi connectivity index (χ1) is 26.8. The zero-order chi connectivity index (χ0) is 35.6. The van der Waals surface area contributed by atoms with Gasteiger partial charge in [0.1, 0.15) is 0 Å². The Hall–Kier alpha value is -7.30. The second-order valence-corrected chi connectivity index (χ2v) is 13.8. The Morgan fingerprint density at radius 3 is 1.43 bits per heavy atom. The van der Waals surface area contributed by atoms with Gasteiger partial charge >= 0.3 is 0 Å². The van der Waals surface area contributed by atoms with E-state index in [1.807, 2.05) is 12.1 Å². The Morgan fingerprint density at radius 2 is 0.759 bits per heavy atom. The number of benzene rings is 8. The summed E-state index contributed by atoms with van der Waals surface area (Å²) in [4.78, 5) is 10.2. The Kier molecular flexibility index (Phi) is 6.82. The maximum atomic E-state index is 5.19. The molecular weight excluding hydrogens is 657 g/mol. The summed E-state index contributed by atoms with van der Waals surface area (Å²) in [6.07, 6.45) is 0. The van der Waals surface area contributed by atoms with Gasteiger partial charge in [-0.05, 0) is 77.9 Å². The van der Waals surface area contributed by atoms with Crippen molar-refractivity contribution in [1.82, 2.24) is 19.1 Å². The van der Waals surface area contributed by atoms with E-state index < -0.39 is 0 Å². The largest absolute Gasteiger partial charge is 0.309 e. The number of nitrogens with zero attached hydrogens (tertiary/aromatic N) is 4. The molecule has 0 spiro atoms. The van der Waals surface area contributed by atoms with Crippen LogP contribution in [0.3, 0.4) is 0 Å². The number of para-hydroxylation sites is 4. The van der Waals surface area contributed by atoms with Gasteiger partial charge in [-0.15, -0.1) is 0 Å². The minimum atomic E-state index is 0.709. The van der Waals surface area contributed by atoms with Crippen molar-refractivity contribution in [3.8, 4) is 45.1 Å². The fourth-order valence-electron chi connectivity index (χ4n) is 8.22. The van der Waals surface area contributed by atoms with Crippen LogP contribution in [0, 0.1) is 0 Å². The summed E-state index contributed by atoms with van der Waals surface area (Å²) in [7, 11) is 0. The van der Waals surface area contributed by atoms with E-state index in [1.54, 1.807) is 0 Å². The van der Waals surface area contributed by atoms with Crippen molar-refractivity contribution < 1.29 is 0 Å². The summed E-state index contributed by atoms with van der Waals surface area (Å²) >= 11 is 0. The first kappa shape index (κ1) is 30.3. The molecule has 0 aliphatic carbocycles. The SMILES string of the molecule is c1ccc(-c2ccc(-c3nc(-c4ccc(-n5c6ccccc6c6cc(-n7c8ccccc8c8ccccc87)ccc65)cc4)nc4ccccc34)cc2)cc1. The fourth-order valence-corrected chi connectivity index (χ4v) is 8.22. The molecule has 0 aliphatic heterocycles. The maximum absolute atomic E-state index is 5.19. The van der Waals surface area contributed by atoms with Crippen LogP contribution in [0.25, 0.3) is 99.7 Å². The van der Waals surface area contributed by atoms with Gasteiger partial charge in [0.15, 0.2) is 5.82 Å². The highest BCUT2D eigenvalue weighted by Gasteiger charge is 2.17. The molecule has 0 aliphatic rings. The molecule has 4 nitrogen and oxygen atoms in total. The van der Waals surface area contributed by atoms with Crippen LogP contribution in [0.1, 0.15) is 0 Å². The molecule has 3 aromatic heterocycles. The van der Waals surface area contributed by atoms with Crippen molar-refractivity contribution in [3.63, 3.8) is 0 Å². The number of aromatic nitrogens is 4. The average Bonchev–Trinajstić information content (AvgIpc) is 3.76. The summed E-state index contributed by atoms with van der Waals surface area (Å²) < 4.78 is 4.76. The fraction of sp³-hybridized carbons (Fsp3) is 0. The summed E-state index contributed by atoms with van der Waals surface area (Å²) in [5.74, 6) is 0.709. The monoisotopic (exact) mass is 688 g/mol. The van der Waals surface area contributed by atoms with Crippen molar-refractivity contribution >= 4 is 54.5 Å². The summed E-state index contributed by atoms with van der Waals surface area (Å²) in [5.41, 5.74) is 13.3. The number of hydrogen-bond acceptors (Lipinski definition) is 2. The maximum Gasteiger partial charge on any atom is 0.160 e. The molecule has 252 valence electrons. The standard InChI is InChI=1S/C50H32N4/c1-2-12-33(13-3-1)34-22-24-35(25-23-34)49-42-17-4-8-18-44(42)51-50(52-49)36-26-28-37(29-27-36)53-47-21-11-7-16-41(47)43-32-38(30-31-48(43)53)54-45-19-9-5-14-39(45)40-15-6-10-20-46(40)54/h1-32H. The Morgan fingerprint density at radius 1 is 0.296 bits per heavy atom. The molecule has 11 rings (SSSR count). The molecule has 0 fully saturated rings. The quantitative estimate of drug-likeness (QED) is 0.180. The van der Waals surface area contributed by atoms with Crippen LogP contribution in [0.5, 0.6) is 0 Å². The molecule has 0 atom stereocenters. The van der Waals surface area contributed by atoms with E-state index >= 15 is 0 Å². The number of fused-ring (bicyclic) bond motifs is 7. The van der Waals surface area contributed by atoms with Gasteiger partial charge in [0.05, 0.1) is 33.3 Å². The highest BCUT2D eigenvalue weighted by Crippen LogP contribution is 2.37. The van der Waals surface area contributed by atoms with E-state index in [9.17, 15) is 0 Å². The predicted molar refractivity (Wildman–Crippen MR) is 225 cm³/mol. The van der Waals surface area contributed by atoms with E-state index in [0.29, 0.717) is 5.82 Å². The average molecular weight is 689 g/mol. The van der Waals surface area contributed by atoms with Gasteiger partial charge in [-0.25, -0.2) is 9.97 Å². The molecule has 4 heteroatoms. The lowest BCUT2D eigenvalue weighted by Crippen LogP contribution is -1.97. The minimum absolute atomic E-state index is 0.709. The Balaban J connectivity index is 1.01. The van der Waals surface area contributed by atoms with Gasteiger partial charge in [-0.2, -0.15) is 0 Å². The molecule has 54 heavy (non-hydrogen) atoms. The molecule has 0 saturated carbocycles. The van der Waals surface area contributed by atoms with E-state index in [2.05, 4.69) is 191 Å². The number of rotatable bonds is 5. The smallest absolute Gasteiger partial charge is 0.160 e. The normalized spacial score (nSPS) is 11.7. The van der Waals surface area contributed by atoms with Crippen molar-refractivity contribution in [1.29, 1.82) is 0 Å². The Labute approximate surface area is 311 Å². The molecule has 0 bridgehead atoms. The molecule has 11 aromatic rings. The van der Waals surface area contributed by atoms with Crippen LogP contribution in [0.15, 0.2) is 194 Å². The molecule has 0 unspecified atom stereocenters. The van der Waals surface area contributed by atoms with Crippen molar-refractivity contribution in [2.45, 2.75) is 0 Å². The lowest BCUT2D eigenvalue weighted by molar-refractivity contribution is 1.16. The second-order valence-electron chi connectivity index (χ2n) is 13.8. The van der Waals surface area contributed by atoms with Crippen molar-refractivity contribution in [3.05, 3.63) is 194 Å². The highest BCUT2D eigenvalue weighted by molar-refractivity contribution is 6.12. The van der Waals surface area contributed by atoms with Gasteiger partial charge in [0.2, 0.25) is 0 Å². The summed E-state index contributed by atoms with van der Waals surface area (Å²) in [5, 5.41) is 6.00. The van der Waals surface area contributed by atoms with Crippen LogP contribution >= 0.6 is 0 Å². The lowest BCUT2D eigenvalue weighted by atomic mass is 10.0. The van der Waals surface area contributed by atoms with Crippen LogP contribution in [-0.2, 0) is 0 Å². The van der Waals surface area contributed by atoms with Crippen LogP contribution in [0.4, 0.5) is 0 Å². The third-order valence-electron chi connectivity index (χ3n) is 10.7. The minimum Gasteiger partial charge on any atom is -0.309 e. The summed E-state index contributed by atoms with van der Waals surface area (Å²) in [6, 6.07) is 69.0. The van der Waals surface area contributed by atoms with Crippen molar-refractivity contribution in [2.75, 3.05) is 0 Å². The van der Waals surface area contributed by atoms with Gasteiger partial charge in [-0.1, -0.05) is 127 Å². The lowest BCUT2D eigenvalue weighted by Gasteiger charge is -2.12. The molecule has 0 saturated heterocycles. The van der Waals surface area contributed by atoms with Gasteiger partial charge in [-0.3, -0.25) is 0 Å². The van der Waals surface area contributed by atoms with Crippen LogP contribution in [0.2, 0.25) is 0 Å². The van der Waals surface area contributed by atoms with Gasteiger partial charge in [0, 0.05) is 49.4 Å². The van der Waals surface area contributed by atoms with E-state index in [-0.39, 0.29) is 0 Å². The predicted octanol–water partition coefficient (Wildman–Crippen LogP) is 12.8. The summed E-state index contributed by atoms with van der Waals surface area (Å²) in [6.45, 7) is 0. The second kappa shape index (κ2) is 12.1.